The molecule has 3 rings (SSSR count). The highest BCUT2D eigenvalue weighted by Crippen LogP contribution is 2.25. The second-order valence-electron chi connectivity index (χ2n) is 6.84. The lowest BCUT2D eigenvalue weighted by molar-refractivity contribution is -0.125. The number of rotatable bonds is 7. The summed E-state index contributed by atoms with van der Waals surface area (Å²) in [6.45, 7) is 5.27. The number of hydrogen-bond donors (Lipinski definition) is 1. The normalized spacial score (nSPS) is 11.7. The number of carbonyl (C=O) groups excluding carboxylic acids is 2. The van der Waals surface area contributed by atoms with Gasteiger partial charge in [0.25, 0.3) is 5.91 Å². The summed E-state index contributed by atoms with van der Waals surface area (Å²) in [4.78, 5) is 24.9. The molecule has 1 aromatic heterocycles. The van der Waals surface area contributed by atoms with E-state index in [0.717, 1.165) is 23.1 Å². The average molecular weight is 392 g/mol. The number of carbonyl (C=O) groups is 2. The number of benzene rings is 2. The maximum absolute atomic E-state index is 12.6. The minimum absolute atomic E-state index is 0.140. The third kappa shape index (κ3) is 4.90. The minimum Gasteiger partial charge on any atom is -0.452 e. The fraction of sp³-hybridized carbons (Fsp3) is 0.261. The largest absolute Gasteiger partial charge is 0.452 e. The average Bonchev–Trinajstić information content (AvgIpc) is 3.13. The van der Waals surface area contributed by atoms with Gasteiger partial charge < -0.3 is 14.6 Å². The van der Waals surface area contributed by atoms with Crippen molar-refractivity contribution in [2.45, 2.75) is 33.2 Å². The molecule has 2 aromatic carbocycles. The van der Waals surface area contributed by atoms with Crippen molar-refractivity contribution >= 4 is 11.9 Å². The standard InChI is InChI=1S/C23H24N2O4/c1-4-19(17-12-10-15(2)11-13-17)24-20(26)14-28-23(27)21-16(3)29-25-22(21)18-8-6-5-7-9-18/h5-13,19H,4,14H2,1-3H3,(H,24,26)/t19-/m1/s1. The van der Waals surface area contributed by atoms with Gasteiger partial charge in [-0.15, -0.1) is 0 Å². The van der Waals surface area contributed by atoms with Crippen LogP contribution in [-0.2, 0) is 9.53 Å². The van der Waals surface area contributed by atoms with Crippen LogP contribution >= 0.6 is 0 Å². The first-order valence-corrected chi connectivity index (χ1v) is 9.54. The van der Waals surface area contributed by atoms with Crippen molar-refractivity contribution in [1.82, 2.24) is 10.5 Å². The molecule has 0 fully saturated rings. The molecule has 0 saturated carbocycles. The Morgan fingerprint density at radius 3 is 2.41 bits per heavy atom. The molecule has 150 valence electrons. The van der Waals surface area contributed by atoms with Gasteiger partial charge in [0.1, 0.15) is 17.0 Å². The smallest absolute Gasteiger partial charge is 0.344 e. The van der Waals surface area contributed by atoms with E-state index < -0.39 is 5.97 Å². The lowest BCUT2D eigenvalue weighted by atomic mass is 10.0. The zero-order chi connectivity index (χ0) is 20.8. The van der Waals surface area contributed by atoms with Crippen molar-refractivity contribution in [2.75, 3.05) is 6.61 Å². The summed E-state index contributed by atoms with van der Waals surface area (Å²) in [6, 6.07) is 17.1. The zero-order valence-corrected chi connectivity index (χ0v) is 16.8. The fourth-order valence-electron chi connectivity index (χ4n) is 3.06. The van der Waals surface area contributed by atoms with E-state index in [1.807, 2.05) is 68.4 Å². The quantitative estimate of drug-likeness (QED) is 0.603. The van der Waals surface area contributed by atoms with Crippen molar-refractivity contribution < 1.29 is 18.8 Å². The van der Waals surface area contributed by atoms with E-state index in [1.54, 1.807) is 6.92 Å². The highest BCUT2D eigenvalue weighted by Gasteiger charge is 2.24. The van der Waals surface area contributed by atoms with Gasteiger partial charge in [0.15, 0.2) is 6.61 Å². The summed E-state index contributed by atoms with van der Waals surface area (Å²) < 4.78 is 10.4. The number of nitrogens with one attached hydrogen (secondary N) is 1. The molecular formula is C23H24N2O4. The monoisotopic (exact) mass is 392 g/mol. The molecule has 0 saturated heterocycles. The second-order valence-corrected chi connectivity index (χ2v) is 6.84. The molecule has 6 nitrogen and oxygen atoms in total. The summed E-state index contributed by atoms with van der Waals surface area (Å²) in [5.74, 6) is -0.650. The van der Waals surface area contributed by atoms with E-state index in [2.05, 4.69) is 10.5 Å². The molecule has 6 heteroatoms. The minimum atomic E-state index is -0.638. The molecule has 0 unspecified atom stereocenters. The first-order valence-electron chi connectivity index (χ1n) is 9.54. The van der Waals surface area contributed by atoms with Crippen LogP contribution in [0.25, 0.3) is 11.3 Å². The van der Waals surface area contributed by atoms with Gasteiger partial charge in [-0.05, 0) is 25.8 Å². The molecule has 3 aromatic rings. The van der Waals surface area contributed by atoms with Crippen LogP contribution in [-0.4, -0.2) is 23.6 Å². The van der Waals surface area contributed by atoms with Crippen LogP contribution in [0.5, 0.6) is 0 Å². The molecule has 0 aliphatic heterocycles. The highest BCUT2D eigenvalue weighted by atomic mass is 16.5. The van der Waals surface area contributed by atoms with Crippen LogP contribution in [0.3, 0.4) is 0 Å². The Morgan fingerprint density at radius 2 is 1.76 bits per heavy atom. The van der Waals surface area contributed by atoms with E-state index in [-0.39, 0.29) is 24.1 Å². The van der Waals surface area contributed by atoms with Crippen molar-refractivity contribution in [1.29, 1.82) is 0 Å². The van der Waals surface area contributed by atoms with Crippen molar-refractivity contribution in [3.05, 3.63) is 77.0 Å². The number of nitrogens with zero attached hydrogens (tertiary/aromatic N) is 1. The lowest BCUT2D eigenvalue weighted by Gasteiger charge is -2.17. The lowest BCUT2D eigenvalue weighted by Crippen LogP contribution is -2.32. The van der Waals surface area contributed by atoms with E-state index >= 15 is 0 Å². The van der Waals surface area contributed by atoms with Crippen molar-refractivity contribution in [2.24, 2.45) is 0 Å². The Hall–Kier alpha value is -3.41. The molecule has 1 atom stereocenters. The molecule has 0 radical (unpaired) electrons. The van der Waals surface area contributed by atoms with Crippen LogP contribution in [0, 0.1) is 13.8 Å². The molecule has 0 bridgehead atoms. The molecule has 29 heavy (non-hydrogen) atoms. The molecule has 1 N–H and O–H groups in total. The Kier molecular flexibility index (Phi) is 6.44. The van der Waals surface area contributed by atoms with E-state index in [4.69, 9.17) is 9.26 Å². The number of ether oxygens (including phenoxy) is 1. The molecule has 0 aliphatic carbocycles. The van der Waals surface area contributed by atoms with E-state index in [0.29, 0.717) is 11.5 Å². The maximum atomic E-state index is 12.6. The summed E-state index contributed by atoms with van der Waals surface area (Å²) in [5, 5.41) is 6.87. The predicted molar refractivity (Wildman–Crippen MR) is 109 cm³/mol. The van der Waals surface area contributed by atoms with E-state index in [9.17, 15) is 9.59 Å². The van der Waals surface area contributed by atoms with Gasteiger partial charge in [-0.3, -0.25) is 4.79 Å². The van der Waals surface area contributed by atoms with E-state index in [1.165, 1.54) is 0 Å². The predicted octanol–water partition coefficient (Wildman–Crippen LogP) is 4.38. The second kappa shape index (κ2) is 9.19. The Balaban J connectivity index is 1.64. The third-order valence-electron chi connectivity index (χ3n) is 4.67. The molecular weight excluding hydrogens is 368 g/mol. The topological polar surface area (TPSA) is 81.4 Å². The maximum Gasteiger partial charge on any atom is 0.344 e. The Bertz CT molecular complexity index is 978. The van der Waals surface area contributed by atoms with Crippen LogP contribution < -0.4 is 5.32 Å². The molecule has 0 spiro atoms. The number of aromatic nitrogens is 1. The highest BCUT2D eigenvalue weighted by molar-refractivity contribution is 5.98. The van der Waals surface area contributed by atoms with Gasteiger partial charge in [0, 0.05) is 5.56 Å². The number of amides is 1. The first-order chi connectivity index (χ1) is 14.0. The van der Waals surface area contributed by atoms with Gasteiger partial charge in [0.05, 0.1) is 6.04 Å². The van der Waals surface area contributed by atoms with Crippen molar-refractivity contribution in [3.63, 3.8) is 0 Å². The summed E-state index contributed by atoms with van der Waals surface area (Å²) in [5.41, 5.74) is 3.54. The number of aryl methyl sites for hydroxylation is 2. The van der Waals surface area contributed by atoms with Gasteiger partial charge >= 0.3 is 5.97 Å². The Labute approximate surface area is 169 Å². The molecule has 0 aliphatic rings. The SMILES string of the molecule is CC[C@@H](NC(=O)COC(=O)c1c(-c2ccccc2)noc1C)c1ccc(C)cc1. The van der Waals surface area contributed by atoms with Crippen molar-refractivity contribution in [3.8, 4) is 11.3 Å². The number of hydrogen-bond acceptors (Lipinski definition) is 5. The van der Waals surface area contributed by atoms with Crippen LogP contribution in [0.4, 0.5) is 0 Å². The summed E-state index contributed by atoms with van der Waals surface area (Å²) in [6.07, 6.45) is 0.728. The molecule has 1 amide bonds. The fourth-order valence-corrected chi connectivity index (χ4v) is 3.06. The van der Waals surface area contributed by atoms with Crippen LogP contribution in [0.1, 0.15) is 46.6 Å². The van der Waals surface area contributed by atoms with Crippen LogP contribution in [0.2, 0.25) is 0 Å². The van der Waals surface area contributed by atoms with Crippen LogP contribution in [0.15, 0.2) is 59.1 Å². The summed E-state index contributed by atoms with van der Waals surface area (Å²) in [7, 11) is 0. The van der Waals surface area contributed by atoms with Gasteiger partial charge in [-0.25, -0.2) is 4.79 Å². The zero-order valence-electron chi connectivity index (χ0n) is 16.8. The Morgan fingerprint density at radius 1 is 1.07 bits per heavy atom. The number of esters is 1. The van der Waals surface area contributed by atoms with Gasteiger partial charge in [0.2, 0.25) is 0 Å². The summed E-state index contributed by atoms with van der Waals surface area (Å²) >= 11 is 0. The third-order valence-corrected chi connectivity index (χ3v) is 4.67. The first kappa shape index (κ1) is 20.3. The van der Waals surface area contributed by atoms with Gasteiger partial charge in [-0.2, -0.15) is 0 Å². The molecule has 1 heterocycles. The van der Waals surface area contributed by atoms with Gasteiger partial charge in [-0.1, -0.05) is 72.2 Å².